The number of nitrogens with one attached hydrogen (secondary N) is 1. The monoisotopic (exact) mass is 264 g/mol. The molecular formula is C15H24N2O2. The lowest BCUT2D eigenvalue weighted by Gasteiger charge is -2.30. The fraction of sp³-hybridized carbons (Fsp3) is 0.533. The van der Waals surface area contributed by atoms with E-state index in [1.807, 2.05) is 0 Å². The van der Waals surface area contributed by atoms with E-state index in [1.54, 1.807) is 25.1 Å². The Balaban J connectivity index is 3.08. The highest BCUT2D eigenvalue weighted by atomic mass is 16.5. The Bertz CT molecular complexity index is 450. The van der Waals surface area contributed by atoms with E-state index in [-0.39, 0.29) is 17.4 Å². The largest absolute Gasteiger partial charge is 0.462 e. The molecule has 0 bridgehead atoms. The molecule has 0 radical (unpaired) electrons. The van der Waals surface area contributed by atoms with Crippen LogP contribution in [0.15, 0.2) is 18.2 Å². The van der Waals surface area contributed by atoms with Gasteiger partial charge in [0.15, 0.2) is 0 Å². The summed E-state index contributed by atoms with van der Waals surface area (Å²) in [6.07, 6.45) is 0. The lowest BCUT2D eigenvalue weighted by Crippen LogP contribution is -2.32. The number of carbonyl (C=O) groups is 1. The van der Waals surface area contributed by atoms with Gasteiger partial charge in [0.2, 0.25) is 0 Å². The van der Waals surface area contributed by atoms with Gasteiger partial charge in [-0.15, -0.1) is 0 Å². The van der Waals surface area contributed by atoms with Gasteiger partial charge in [0.1, 0.15) is 0 Å². The molecule has 0 aliphatic rings. The molecule has 0 aliphatic heterocycles. The number of anilines is 2. The molecule has 1 unspecified atom stereocenters. The molecule has 0 aromatic heterocycles. The average Bonchev–Trinajstić information content (AvgIpc) is 2.30. The van der Waals surface area contributed by atoms with E-state index in [4.69, 9.17) is 10.5 Å². The smallest absolute Gasteiger partial charge is 0.340 e. The van der Waals surface area contributed by atoms with Crippen LogP contribution in [0.1, 0.15) is 45.0 Å². The van der Waals surface area contributed by atoms with Crippen molar-refractivity contribution in [3.05, 3.63) is 23.8 Å². The van der Waals surface area contributed by atoms with Crippen molar-refractivity contribution in [1.29, 1.82) is 0 Å². The normalized spacial score (nSPS) is 12.9. The van der Waals surface area contributed by atoms with E-state index in [1.165, 1.54) is 0 Å². The molecule has 1 atom stereocenters. The van der Waals surface area contributed by atoms with Gasteiger partial charge in [-0.05, 0) is 31.4 Å². The number of ether oxygens (including phenoxy) is 1. The highest BCUT2D eigenvalue weighted by Gasteiger charge is 2.23. The van der Waals surface area contributed by atoms with Crippen LogP contribution in [-0.4, -0.2) is 18.6 Å². The van der Waals surface area contributed by atoms with E-state index in [0.29, 0.717) is 23.5 Å². The molecule has 4 nitrogen and oxygen atoms in total. The number of rotatable bonds is 4. The number of para-hydroxylation sites is 1. The van der Waals surface area contributed by atoms with Crippen LogP contribution in [-0.2, 0) is 4.74 Å². The van der Waals surface area contributed by atoms with Crippen molar-refractivity contribution in [3.63, 3.8) is 0 Å². The Morgan fingerprint density at radius 1 is 1.42 bits per heavy atom. The average molecular weight is 264 g/mol. The Labute approximate surface area is 115 Å². The van der Waals surface area contributed by atoms with Gasteiger partial charge in [-0.1, -0.05) is 26.8 Å². The van der Waals surface area contributed by atoms with Gasteiger partial charge in [-0.25, -0.2) is 4.79 Å². The summed E-state index contributed by atoms with van der Waals surface area (Å²) in [6.45, 7) is 10.6. The minimum absolute atomic E-state index is 0.0637. The summed E-state index contributed by atoms with van der Waals surface area (Å²) in [6, 6.07) is 5.44. The van der Waals surface area contributed by atoms with Crippen molar-refractivity contribution in [1.82, 2.24) is 0 Å². The highest BCUT2D eigenvalue weighted by Crippen LogP contribution is 2.29. The minimum Gasteiger partial charge on any atom is -0.462 e. The van der Waals surface area contributed by atoms with Crippen molar-refractivity contribution in [2.24, 2.45) is 5.41 Å². The lowest BCUT2D eigenvalue weighted by molar-refractivity contribution is 0.0527. The Morgan fingerprint density at radius 2 is 2.05 bits per heavy atom. The predicted molar refractivity (Wildman–Crippen MR) is 79.4 cm³/mol. The maximum absolute atomic E-state index is 11.9. The van der Waals surface area contributed by atoms with Crippen molar-refractivity contribution >= 4 is 17.3 Å². The van der Waals surface area contributed by atoms with Gasteiger partial charge in [-0.3, -0.25) is 0 Å². The van der Waals surface area contributed by atoms with E-state index < -0.39 is 0 Å². The molecular weight excluding hydrogens is 240 g/mol. The standard InChI is InChI=1S/C15H24N2O2/c1-6-19-14(18)11-8-7-9-12(16)13(11)17-10(2)15(3,4)5/h7-10,17H,6,16H2,1-5H3. The Morgan fingerprint density at radius 3 is 2.58 bits per heavy atom. The number of benzene rings is 1. The number of nitrogen functional groups attached to an aromatic ring is 1. The van der Waals surface area contributed by atoms with Gasteiger partial charge in [0.25, 0.3) is 0 Å². The van der Waals surface area contributed by atoms with Gasteiger partial charge in [-0.2, -0.15) is 0 Å². The van der Waals surface area contributed by atoms with Crippen LogP contribution in [0.25, 0.3) is 0 Å². The van der Waals surface area contributed by atoms with Crippen LogP contribution in [0.2, 0.25) is 0 Å². The fourth-order valence-corrected chi connectivity index (χ4v) is 1.54. The molecule has 1 aromatic rings. The van der Waals surface area contributed by atoms with Gasteiger partial charge >= 0.3 is 5.97 Å². The van der Waals surface area contributed by atoms with E-state index in [0.717, 1.165) is 0 Å². The van der Waals surface area contributed by atoms with Crippen LogP contribution in [0.3, 0.4) is 0 Å². The van der Waals surface area contributed by atoms with Crippen LogP contribution >= 0.6 is 0 Å². The third-order valence-electron chi connectivity index (χ3n) is 3.25. The topological polar surface area (TPSA) is 64.3 Å². The number of hydrogen-bond donors (Lipinski definition) is 2. The zero-order chi connectivity index (χ0) is 14.6. The molecule has 0 fully saturated rings. The van der Waals surface area contributed by atoms with Gasteiger partial charge in [0, 0.05) is 6.04 Å². The third kappa shape index (κ3) is 3.88. The second-order valence-electron chi connectivity index (χ2n) is 5.72. The number of esters is 1. The predicted octanol–water partition coefficient (Wildman–Crippen LogP) is 3.29. The molecule has 0 aliphatic carbocycles. The summed E-state index contributed by atoms with van der Waals surface area (Å²) in [5.74, 6) is -0.349. The molecule has 0 spiro atoms. The molecule has 1 aromatic carbocycles. The first-order valence-electron chi connectivity index (χ1n) is 6.59. The van der Waals surface area contributed by atoms with Crippen molar-refractivity contribution in [3.8, 4) is 0 Å². The van der Waals surface area contributed by atoms with E-state index in [9.17, 15) is 4.79 Å². The number of nitrogens with two attached hydrogens (primary N) is 1. The molecule has 0 amide bonds. The Kier molecular flexibility index (Phi) is 4.81. The summed E-state index contributed by atoms with van der Waals surface area (Å²) in [7, 11) is 0. The Hall–Kier alpha value is -1.71. The van der Waals surface area contributed by atoms with Crippen LogP contribution < -0.4 is 11.1 Å². The zero-order valence-electron chi connectivity index (χ0n) is 12.4. The quantitative estimate of drug-likeness (QED) is 0.647. The summed E-state index contributed by atoms with van der Waals surface area (Å²) >= 11 is 0. The number of carbonyl (C=O) groups excluding carboxylic acids is 1. The third-order valence-corrected chi connectivity index (χ3v) is 3.25. The van der Waals surface area contributed by atoms with Gasteiger partial charge < -0.3 is 15.8 Å². The summed E-state index contributed by atoms with van der Waals surface area (Å²) < 4.78 is 5.06. The summed E-state index contributed by atoms with van der Waals surface area (Å²) in [5, 5.41) is 3.33. The maximum Gasteiger partial charge on any atom is 0.340 e. The van der Waals surface area contributed by atoms with E-state index in [2.05, 4.69) is 33.0 Å². The van der Waals surface area contributed by atoms with E-state index >= 15 is 0 Å². The maximum atomic E-state index is 11.9. The molecule has 106 valence electrons. The highest BCUT2D eigenvalue weighted by molar-refractivity contribution is 5.98. The van der Waals surface area contributed by atoms with Crippen LogP contribution in [0, 0.1) is 5.41 Å². The first kappa shape index (κ1) is 15.3. The first-order chi connectivity index (χ1) is 8.77. The first-order valence-corrected chi connectivity index (χ1v) is 6.59. The van der Waals surface area contributed by atoms with Crippen LogP contribution in [0.4, 0.5) is 11.4 Å². The van der Waals surface area contributed by atoms with Crippen molar-refractivity contribution in [2.75, 3.05) is 17.7 Å². The molecule has 3 N–H and O–H groups in total. The molecule has 1 rings (SSSR count). The second-order valence-corrected chi connectivity index (χ2v) is 5.72. The molecule has 19 heavy (non-hydrogen) atoms. The van der Waals surface area contributed by atoms with Crippen molar-refractivity contribution in [2.45, 2.75) is 40.7 Å². The lowest BCUT2D eigenvalue weighted by atomic mass is 9.87. The second kappa shape index (κ2) is 5.95. The zero-order valence-corrected chi connectivity index (χ0v) is 12.4. The molecule has 0 heterocycles. The summed E-state index contributed by atoms with van der Waals surface area (Å²) in [5.41, 5.74) is 7.74. The van der Waals surface area contributed by atoms with Crippen molar-refractivity contribution < 1.29 is 9.53 Å². The molecule has 0 saturated carbocycles. The van der Waals surface area contributed by atoms with Crippen LogP contribution in [0.5, 0.6) is 0 Å². The summed E-state index contributed by atoms with van der Waals surface area (Å²) in [4.78, 5) is 11.9. The SMILES string of the molecule is CCOC(=O)c1cccc(N)c1NC(C)C(C)(C)C. The number of hydrogen-bond acceptors (Lipinski definition) is 4. The minimum atomic E-state index is -0.349. The molecule has 0 saturated heterocycles. The molecule has 4 heteroatoms. The fourth-order valence-electron chi connectivity index (χ4n) is 1.54. The van der Waals surface area contributed by atoms with Gasteiger partial charge in [0.05, 0.1) is 23.5 Å².